The van der Waals surface area contributed by atoms with Crippen LogP contribution in [0.2, 0.25) is 0 Å². The standard InChI is InChI=1S/C12H15N3O.C2H6/c1-3-9(4-2)12-15-11(7-16-12)10-5-6-13-8-14-10;1-2/h5-9H,3-4H2,1-2H3;1-2H3. The van der Waals surface area contributed by atoms with Crippen LogP contribution in [0.3, 0.4) is 0 Å². The second-order valence-corrected chi connectivity index (χ2v) is 3.68. The minimum Gasteiger partial charge on any atom is -0.448 e. The fourth-order valence-corrected chi connectivity index (χ4v) is 1.67. The van der Waals surface area contributed by atoms with Gasteiger partial charge in [-0.25, -0.2) is 15.0 Å². The van der Waals surface area contributed by atoms with Crippen molar-refractivity contribution in [2.75, 3.05) is 0 Å². The molecule has 0 saturated carbocycles. The van der Waals surface area contributed by atoms with E-state index in [0.717, 1.165) is 30.1 Å². The van der Waals surface area contributed by atoms with E-state index in [-0.39, 0.29) is 0 Å². The predicted octanol–water partition coefficient (Wildman–Crippen LogP) is 4.06. The Kier molecular flexibility index (Phi) is 6.05. The summed E-state index contributed by atoms with van der Waals surface area (Å²) in [7, 11) is 0. The molecule has 2 heterocycles. The number of oxazole rings is 1. The first-order chi connectivity index (χ1) is 8.85. The molecular formula is C14H21N3O. The highest BCUT2D eigenvalue weighted by atomic mass is 16.3. The Morgan fingerprint density at radius 2 is 1.89 bits per heavy atom. The van der Waals surface area contributed by atoms with Gasteiger partial charge < -0.3 is 4.42 Å². The van der Waals surface area contributed by atoms with Crippen molar-refractivity contribution in [3.8, 4) is 11.4 Å². The van der Waals surface area contributed by atoms with E-state index in [9.17, 15) is 0 Å². The lowest BCUT2D eigenvalue weighted by Crippen LogP contribution is -1.95. The average molecular weight is 247 g/mol. The Labute approximate surface area is 109 Å². The highest BCUT2D eigenvalue weighted by Gasteiger charge is 2.14. The van der Waals surface area contributed by atoms with Crippen molar-refractivity contribution in [2.45, 2.75) is 46.5 Å². The Balaban J connectivity index is 0.000000771. The third-order valence-electron chi connectivity index (χ3n) is 2.70. The summed E-state index contributed by atoms with van der Waals surface area (Å²) < 4.78 is 5.49. The van der Waals surface area contributed by atoms with Gasteiger partial charge in [0.25, 0.3) is 0 Å². The van der Waals surface area contributed by atoms with Gasteiger partial charge in [0.1, 0.15) is 18.3 Å². The zero-order chi connectivity index (χ0) is 13.4. The van der Waals surface area contributed by atoms with Crippen LogP contribution in [-0.4, -0.2) is 15.0 Å². The van der Waals surface area contributed by atoms with Crippen LogP contribution in [0.15, 0.2) is 29.3 Å². The Morgan fingerprint density at radius 1 is 1.17 bits per heavy atom. The third-order valence-corrected chi connectivity index (χ3v) is 2.70. The van der Waals surface area contributed by atoms with Crippen LogP contribution >= 0.6 is 0 Å². The van der Waals surface area contributed by atoms with Crippen molar-refractivity contribution in [2.24, 2.45) is 0 Å². The number of hydrogen-bond acceptors (Lipinski definition) is 4. The van der Waals surface area contributed by atoms with Crippen molar-refractivity contribution in [1.82, 2.24) is 15.0 Å². The monoisotopic (exact) mass is 247 g/mol. The maximum Gasteiger partial charge on any atom is 0.197 e. The Hall–Kier alpha value is -1.71. The first-order valence-corrected chi connectivity index (χ1v) is 6.57. The van der Waals surface area contributed by atoms with E-state index in [1.165, 1.54) is 6.33 Å². The summed E-state index contributed by atoms with van der Waals surface area (Å²) in [5.41, 5.74) is 1.58. The van der Waals surface area contributed by atoms with Gasteiger partial charge in [-0.1, -0.05) is 27.7 Å². The molecule has 98 valence electrons. The quantitative estimate of drug-likeness (QED) is 0.817. The molecule has 2 aromatic heterocycles. The largest absolute Gasteiger partial charge is 0.448 e. The molecule has 4 heteroatoms. The summed E-state index contributed by atoms with van der Waals surface area (Å²) >= 11 is 0. The third kappa shape index (κ3) is 3.39. The maximum atomic E-state index is 5.49. The van der Waals surface area contributed by atoms with Gasteiger partial charge in [0.2, 0.25) is 0 Å². The zero-order valence-corrected chi connectivity index (χ0v) is 11.6. The fraction of sp³-hybridized carbons (Fsp3) is 0.500. The highest BCUT2D eigenvalue weighted by molar-refractivity contribution is 5.51. The van der Waals surface area contributed by atoms with Gasteiger partial charge in [-0.15, -0.1) is 0 Å². The van der Waals surface area contributed by atoms with Gasteiger partial charge in [-0.05, 0) is 18.9 Å². The van der Waals surface area contributed by atoms with Crippen molar-refractivity contribution in [1.29, 1.82) is 0 Å². The van der Waals surface area contributed by atoms with E-state index in [0.29, 0.717) is 5.92 Å². The molecule has 2 aromatic rings. The Bertz CT molecular complexity index is 435. The Morgan fingerprint density at radius 3 is 2.44 bits per heavy atom. The van der Waals surface area contributed by atoms with E-state index < -0.39 is 0 Å². The molecule has 4 nitrogen and oxygen atoms in total. The van der Waals surface area contributed by atoms with Crippen molar-refractivity contribution < 1.29 is 4.42 Å². The van der Waals surface area contributed by atoms with Crippen LogP contribution in [0.5, 0.6) is 0 Å². The number of aromatic nitrogens is 3. The highest BCUT2D eigenvalue weighted by Crippen LogP contribution is 2.24. The molecule has 0 bridgehead atoms. The smallest absolute Gasteiger partial charge is 0.197 e. The molecule has 0 saturated heterocycles. The molecule has 18 heavy (non-hydrogen) atoms. The van der Waals surface area contributed by atoms with E-state index in [2.05, 4.69) is 28.8 Å². The molecule has 0 unspecified atom stereocenters. The lowest BCUT2D eigenvalue weighted by atomic mass is 10.0. The lowest BCUT2D eigenvalue weighted by Gasteiger charge is -2.05. The first kappa shape index (κ1) is 14.4. The van der Waals surface area contributed by atoms with Crippen molar-refractivity contribution in [3.63, 3.8) is 0 Å². The van der Waals surface area contributed by atoms with Gasteiger partial charge in [0.15, 0.2) is 5.89 Å². The van der Waals surface area contributed by atoms with Crippen molar-refractivity contribution >= 4 is 0 Å². The van der Waals surface area contributed by atoms with E-state index in [1.54, 1.807) is 12.5 Å². The first-order valence-electron chi connectivity index (χ1n) is 6.57. The van der Waals surface area contributed by atoms with E-state index >= 15 is 0 Å². The van der Waals surface area contributed by atoms with Crippen LogP contribution in [0, 0.1) is 0 Å². The minimum atomic E-state index is 0.399. The molecule has 0 radical (unpaired) electrons. The molecule has 0 aliphatic carbocycles. The van der Waals surface area contributed by atoms with Crippen molar-refractivity contribution in [3.05, 3.63) is 30.7 Å². The van der Waals surface area contributed by atoms with Crippen LogP contribution in [0.25, 0.3) is 11.4 Å². The topological polar surface area (TPSA) is 51.8 Å². The van der Waals surface area contributed by atoms with Crippen LogP contribution in [0.1, 0.15) is 52.3 Å². The van der Waals surface area contributed by atoms with Crippen LogP contribution < -0.4 is 0 Å². The number of rotatable bonds is 4. The minimum absolute atomic E-state index is 0.399. The predicted molar refractivity (Wildman–Crippen MR) is 72.2 cm³/mol. The molecular weight excluding hydrogens is 226 g/mol. The molecule has 2 rings (SSSR count). The molecule has 0 fully saturated rings. The van der Waals surface area contributed by atoms with E-state index in [1.807, 2.05) is 19.9 Å². The van der Waals surface area contributed by atoms with Gasteiger partial charge in [0, 0.05) is 12.1 Å². The molecule has 0 N–H and O–H groups in total. The molecule has 0 aliphatic rings. The summed E-state index contributed by atoms with van der Waals surface area (Å²) in [5, 5.41) is 0. The average Bonchev–Trinajstić information content (AvgIpc) is 2.93. The van der Waals surface area contributed by atoms with Gasteiger partial charge in [-0.2, -0.15) is 0 Å². The fourth-order valence-electron chi connectivity index (χ4n) is 1.67. The second-order valence-electron chi connectivity index (χ2n) is 3.68. The van der Waals surface area contributed by atoms with E-state index in [4.69, 9.17) is 4.42 Å². The second kappa shape index (κ2) is 7.58. The van der Waals surface area contributed by atoms with Gasteiger partial charge in [-0.3, -0.25) is 0 Å². The lowest BCUT2D eigenvalue weighted by molar-refractivity contribution is 0.431. The normalized spacial score (nSPS) is 10.1. The molecule has 0 atom stereocenters. The summed E-state index contributed by atoms with van der Waals surface area (Å²) in [6, 6.07) is 1.83. The number of hydrogen-bond donors (Lipinski definition) is 0. The molecule has 0 aliphatic heterocycles. The molecule has 0 aromatic carbocycles. The maximum absolute atomic E-state index is 5.49. The SMILES string of the molecule is CC.CCC(CC)c1nc(-c2ccncn2)co1. The summed E-state index contributed by atoms with van der Waals surface area (Å²) in [5.74, 6) is 1.20. The molecule has 0 amide bonds. The summed E-state index contributed by atoms with van der Waals surface area (Å²) in [6.07, 6.45) is 6.96. The van der Waals surface area contributed by atoms with Gasteiger partial charge in [0.05, 0.1) is 5.69 Å². The van der Waals surface area contributed by atoms with Gasteiger partial charge >= 0.3 is 0 Å². The number of nitrogens with zero attached hydrogens (tertiary/aromatic N) is 3. The summed E-state index contributed by atoms with van der Waals surface area (Å²) in [6.45, 7) is 8.28. The van der Waals surface area contributed by atoms with Crippen LogP contribution in [0.4, 0.5) is 0 Å². The summed E-state index contributed by atoms with van der Waals surface area (Å²) in [4.78, 5) is 12.5. The zero-order valence-electron chi connectivity index (χ0n) is 11.6. The van der Waals surface area contributed by atoms with Crippen LogP contribution in [-0.2, 0) is 0 Å². The molecule has 0 spiro atoms.